The molecule has 9 rings (SSSR count). The average Bonchev–Trinajstić information content (AvgIpc) is 3.45. The van der Waals surface area contributed by atoms with E-state index in [0.29, 0.717) is 13.2 Å². The van der Waals surface area contributed by atoms with Gasteiger partial charge in [0.15, 0.2) is 12.6 Å². The van der Waals surface area contributed by atoms with Crippen LogP contribution in [-0.4, -0.2) is 81.7 Å². The van der Waals surface area contributed by atoms with Crippen LogP contribution in [0.1, 0.15) is 38.9 Å². The van der Waals surface area contributed by atoms with Gasteiger partial charge in [0.2, 0.25) is 0 Å². The zero-order valence-electron chi connectivity index (χ0n) is 41.3. The van der Waals surface area contributed by atoms with Crippen molar-refractivity contribution in [3.05, 3.63) is 251 Å². The maximum Gasteiger partial charge on any atom is 0.187 e. The molecule has 0 bridgehead atoms. The van der Waals surface area contributed by atoms with Crippen molar-refractivity contribution in [2.75, 3.05) is 20.3 Å². The van der Waals surface area contributed by atoms with Crippen molar-refractivity contribution in [2.24, 2.45) is 0 Å². The van der Waals surface area contributed by atoms with E-state index >= 15 is 0 Å². The molecule has 11 heteroatoms. The molecule has 7 aromatic carbocycles. The first kappa shape index (κ1) is 52.0. The molecule has 380 valence electrons. The number of benzene rings is 7. The van der Waals surface area contributed by atoms with Crippen LogP contribution in [0, 0.1) is 0 Å². The first-order valence-corrected chi connectivity index (χ1v) is 25.2. The van der Waals surface area contributed by atoms with Crippen LogP contribution in [0.5, 0.6) is 0 Å². The Morgan fingerprint density at radius 2 is 0.548 bits per heavy atom. The van der Waals surface area contributed by atoms with E-state index in [0.717, 1.165) is 38.9 Å². The van der Waals surface area contributed by atoms with Crippen LogP contribution in [0.3, 0.4) is 0 Å². The van der Waals surface area contributed by atoms with Gasteiger partial charge in [-0.1, -0.05) is 212 Å². The lowest BCUT2D eigenvalue weighted by Crippen LogP contribution is -2.66. The Labute approximate surface area is 429 Å². The second-order valence-corrected chi connectivity index (χ2v) is 18.2. The Morgan fingerprint density at radius 3 is 0.890 bits per heavy atom. The summed E-state index contributed by atoms with van der Waals surface area (Å²) in [5.41, 5.74) is 6.95. The molecule has 2 aliphatic heterocycles. The first-order chi connectivity index (χ1) is 36.2. The zero-order chi connectivity index (χ0) is 49.7. The normalized spacial score (nSPS) is 24.0. The minimum atomic E-state index is -1.09. The van der Waals surface area contributed by atoms with Crippen LogP contribution < -0.4 is 0 Å². The van der Waals surface area contributed by atoms with E-state index < -0.39 is 61.4 Å². The lowest BCUT2D eigenvalue weighted by molar-refractivity contribution is -0.376. The predicted molar refractivity (Wildman–Crippen MR) is 276 cm³/mol. The van der Waals surface area contributed by atoms with E-state index in [4.69, 9.17) is 52.1 Å². The molecule has 0 radical (unpaired) electrons. The molecule has 0 spiro atoms. The number of methoxy groups -OCH3 is 1. The van der Waals surface area contributed by atoms with Gasteiger partial charge >= 0.3 is 0 Å². The van der Waals surface area contributed by atoms with Gasteiger partial charge in [-0.15, -0.1) is 0 Å². The lowest BCUT2D eigenvalue weighted by atomic mass is 9.95. The molecule has 2 aliphatic rings. The predicted octanol–water partition coefficient (Wildman–Crippen LogP) is 10.8. The molecule has 73 heavy (non-hydrogen) atoms. The van der Waals surface area contributed by atoms with Crippen LogP contribution in [0.15, 0.2) is 212 Å². The van der Waals surface area contributed by atoms with Crippen LogP contribution >= 0.6 is 0 Å². The Hall–Kier alpha value is -5.90. The summed E-state index contributed by atoms with van der Waals surface area (Å²) in [6, 6.07) is 70.4. The molecule has 0 aromatic heterocycles. The minimum absolute atomic E-state index is 0.124. The van der Waals surface area contributed by atoms with Gasteiger partial charge in [-0.2, -0.15) is 0 Å². The van der Waals surface area contributed by atoms with Crippen molar-refractivity contribution >= 4 is 0 Å². The number of ether oxygens (including phenoxy) is 11. The zero-order valence-corrected chi connectivity index (χ0v) is 41.3. The Bertz CT molecular complexity index is 2560. The maximum atomic E-state index is 7.51. The number of hydrogen-bond donors (Lipinski definition) is 0. The molecular formula is C62H66O11. The third kappa shape index (κ3) is 15.3. The Balaban J connectivity index is 1.11. The standard InChI is InChI=1S/C62H66O11/c1-63-61-59(69-42-51-33-19-7-20-34-51)58(68-41-50-31-17-6-18-32-50)56(54(71-61)45-65-38-47-25-11-3-12-26-47)73-62-60(70-43-52-35-21-8-22-36-52)57(67-40-49-29-15-5-16-30-49)55(66-39-48-27-13-4-14-28-48)53(72-62)44-64-37-46-23-9-2-10-24-46/h2-36,53-62H,37-45H2,1H3/t53-,54-,55-,56-,57+,58+,59+,60-,61+,62-/m1/s1. The largest absolute Gasteiger partial charge is 0.374 e. The molecule has 0 N–H and O–H groups in total. The molecule has 2 heterocycles. The highest BCUT2D eigenvalue weighted by Gasteiger charge is 2.54. The fraction of sp³-hybridized carbons (Fsp3) is 0.323. The monoisotopic (exact) mass is 986 g/mol. The Kier molecular flexibility index (Phi) is 19.9. The fourth-order valence-corrected chi connectivity index (χ4v) is 9.14. The van der Waals surface area contributed by atoms with Crippen molar-refractivity contribution in [1.82, 2.24) is 0 Å². The highest BCUT2D eigenvalue weighted by molar-refractivity contribution is 5.19. The van der Waals surface area contributed by atoms with Gasteiger partial charge in [-0.25, -0.2) is 0 Å². The molecule has 0 amide bonds. The number of rotatable bonds is 26. The maximum absolute atomic E-state index is 7.51. The van der Waals surface area contributed by atoms with E-state index in [1.807, 2.05) is 212 Å². The van der Waals surface area contributed by atoms with Gasteiger partial charge in [0.25, 0.3) is 0 Å². The summed E-state index contributed by atoms with van der Waals surface area (Å²) in [7, 11) is 1.61. The quantitative estimate of drug-likeness (QED) is 0.0518. The van der Waals surface area contributed by atoms with Gasteiger partial charge in [0.1, 0.15) is 48.8 Å². The summed E-state index contributed by atoms with van der Waals surface area (Å²) in [6.45, 7) is 2.27. The fourth-order valence-electron chi connectivity index (χ4n) is 9.14. The topological polar surface area (TPSA) is 102 Å². The van der Waals surface area contributed by atoms with Gasteiger partial charge in [0.05, 0.1) is 59.5 Å². The van der Waals surface area contributed by atoms with Crippen molar-refractivity contribution in [2.45, 2.75) is 108 Å². The van der Waals surface area contributed by atoms with Crippen molar-refractivity contribution < 1.29 is 52.1 Å². The van der Waals surface area contributed by atoms with Crippen LogP contribution in [0.25, 0.3) is 0 Å². The van der Waals surface area contributed by atoms with Crippen molar-refractivity contribution in [1.29, 1.82) is 0 Å². The molecule has 10 atom stereocenters. The second-order valence-electron chi connectivity index (χ2n) is 18.2. The van der Waals surface area contributed by atoms with Crippen LogP contribution in [-0.2, 0) is 98.4 Å². The van der Waals surface area contributed by atoms with E-state index in [-0.39, 0.29) is 46.2 Å². The highest BCUT2D eigenvalue weighted by Crippen LogP contribution is 2.37. The second kappa shape index (κ2) is 28.0. The van der Waals surface area contributed by atoms with Gasteiger partial charge in [0, 0.05) is 7.11 Å². The molecule has 2 saturated heterocycles. The van der Waals surface area contributed by atoms with Crippen LogP contribution in [0.4, 0.5) is 0 Å². The molecular weight excluding hydrogens is 921 g/mol. The van der Waals surface area contributed by atoms with Gasteiger partial charge < -0.3 is 52.1 Å². The summed E-state index contributed by atoms with van der Waals surface area (Å²) in [5.74, 6) is 0. The molecule has 7 aromatic rings. The van der Waals surface area contributed by atoms with Crippen LogP contribution in [0.2, 0.25) is 0 Å². The van der Waals surface area contributed by atoms with E-state index in [9.17, 15) is 0 Å². The summed E-state index contributed by atoms with van der Waals surface area (Å²) < 4.78 is 75.9. The van der Waals surface area contributed by atoms with Gasteiger partial charge in [-0.3, -0.25) is 0 Å². The molecule has 0 saturated carbocycles. The first-order valence-electron chi connectivity index (χ1n) is 25.2. The van der Waals surface area contributed by atoms with Gasteiger partial charge in [-0.05, 0) is 38.9 Å². The molecule has 0 aliphatic carbocycles. The third-order valence-electron chi connectivity index (χ3n) is 12.9. The van der Waals surface area contributed by atoms with E-state index in [1.54, 1.807) is 7.11 Å². The molecule has 11 nitrogen and oxygen atoms in total. The van der Waals surface area contributed by atoms with E-state index in [1.165, 1.54) is 0 Å². The third-order valence-corrected chi connectivity index (χ3v) is 12.9. The Morgan fingerprint density at radius 1 is 0.288 bits per heavy atom. The summed E-state index contributed by atoms with van der Waals surface area (Å²) in [6.07, 6.45) is -8.10. The summed E-state index contributed by atoms with van der Waals surface area (Å²) in [4.78, 5) is 0. The lowest BCUT2D eigenvalue weighted by Gasteiger charge is -2.50. The van der Waals surface area contributed by atoms with E-state index in [2.05, 4.69) is 0 Å². The number of hydrogen-bond acceptors (Lipinski definition) is 11. The summed E-state index contributed by atoms with van der Waals surface area (Å²) in [5, 5.41) is 0. The molecule has 2 fully saturated rings. The SMILES string of the molecule is CO[C@H]1O[C@H](COCc2ccccc2)[C@@H](O[C@H]2O[C@H](COCc3ccccc3)[C@@H](OCc3ccccc3)[C@H](OCc3ccccc3)[C@H]2OCc2ccccc2)[C@H](OCc2ccccc2)[C@@H]1OCc1ccccc1. The average molecular weight is 987 g/mol. The minimum Gasteiger partial charge on any atom is -0.374 e. The smallest absolute Gasteiger partial charge is 0.187 e. The van der Waals surface area contributed by atoms with Crippen molar-refractivity contribution in [3.63, 3.8) is 0 Å². The highest BCUT2D eigenvalue weighted by atomic mass is 16.8. The molecule has 0 unspecified atom stereocenters. The summed E-state index contributed by atoms with van der Waals surface area (Å²) >= 11 is 0. The van der Waals surface area contributed by atoms with Crippen molar-refractivity contribution in [3.8, 4) is 0 Å².